The highest BCUT2D eigenvalue weighted by Crippen LogP contribution is 2.29. The van der Waals surface area contributed by atoms with Gasteiger partial charge in [-0.15, -0.1) is 0 Å². The van der Waals surface area contributed by atoms with E-state index in [4.69, 9.17) is 9.47 Å². The molecule has 1 N–H and O–H groups in total. The minimum Gasteiger partial charge on any atom is -0.493 e. The highest BCUT2D eigenvalue weighted by Gasteiger charge is 2.09. The maximum absolute atomic E-state index is 5.89. The van der Waals surface area contributed by atoms with Crippen molar-refractivity contribution in [1.82, 2.24) is 5.32 Å². The summed E-state index contributed by atoms with van der Waals surface area (Å²) in [6, 6.07) is 14.7. The number of benzene rings is 2. The van der Waals surface area contributed by atoms with Gasteiger partial charge in [-0.05, 0) is 62.1 Å². The molecule has 1 unspecified atom stereocenters. The number of ether oxygens (including phenoxy) is 2. The van der Waals surface area contributed by atoms with E-state index in [0.29, 0.717) is 0 Å². The Morgan fingerprint density at radius 3 is 2.58 bits per heavy atom. The smallest absolute Gasteiger partial charge is 0.161 e. The van der Waals surface area contributed by atoms with Gasteiger partial charge in [0.25, 0.3) is 0 Å². The van der Waals surface area contributed by atoms with Crippen molar-refractivity contribution in [2.45, 2.75) is 46.3 Å². The van der Waals surface area contributed by atoms with Crippen LogP contribution in [0.15, 0.2) is 42.5 Å². The number of rotatable bonds is 9. The van der Waals surface area contributed by atoms with Crippen LogP contribution in [0.25, 0.3) is 0 Å². The lowest BCUT2D eigenvalue weighted by Crippen LogP contribution is -2.17. The molecule has 0 spiro atoms. The monoisotopic (exact) mass is 327 g/mol. The van der Waals surface area contributed by atoms with Gasteiger partial charge in [0, 0.05) is 6.54 Å². The van der Waals surface area contributed by atoms with Crippen molar-refractivity contribution in [3.05, 3.63) is 59.2 Å². The fraction of sp³-hybridized carbons (Fsp3) is 0.429. The lowest BCUT2D eigenvalue weighted by molar-refractivity contribution is 0.207. The molecule has 0 aliphatic heterocycles. The predicted molar refractivity (Wildman–Crippen MR) is 100.0 cm³/mol. The van der Waals surface area contributed by atoms with Gasteiger partial charge in [0.15, 0.2) is 11.5 Å². The van der Waals surface area contributed by atoms with E-state index in [1.54, 1.807) is 7.11 Å². The number of hydrogen-bond donors (Lipinski definition) is 1. The predicted octanol–water partition coefficient (Wildman–Crippen LogP) is 4.51. The van der Waals surface area contributed by atoms with E-state index >= 15 is 0 Å². The van der Waals surface area contributed by atoms with Crippen LogP contribution in [-0.2, 0) is 13.0 Å². The van der Waals surface area contributed by atoms with E-state index in [2.05, 4.69) is 62.5 Å². The minimum absolute atomic E-state index is 0.192. The van der Waals surface area contributed by atoms with Crippen LogP contribution in [0.3, 0.4) is 0 Å². The molecule has 0 radical (unpaired) electrons. The van der Waals surface area contributed by atoms with Crippen LogP contribution in [0.5, 0.6) is 11.5 Å². The Balaban J connectivity index is 1.87. The first kappa shape index (κ1) is 18.3. The summed E-state index contributed by atoms with van der Waals surface area (Å²) in [6.07, 6.45) is 2.21. The van der Waals surface area contributed by atoms with Crippen LogP contribution in [0.2, 0.25) is 0 Å². The minimum atomic E-state index is 0.192. The van der Waals surface area contributed by atoms with E-state index in [1.807, 2.05) is 6.07 Å². The van der Waals surface area contributed by atoms with Crippen LogP contribution < -0.4 is 14.8 Å². The van der Waals surface area contributed by atoms with Crippen LogP contribution in [-0.4, -0.2) is 19.8 Å². The largest absolute Gasteiger partial charge is 0.493 e. The number of nitrogens with one attached hydrogen (secondary N) is 1. The van der Waals surface area contributed by atoms with Crippen LogP contribution in [0.4, 0.5) is 0 Å². The zero-order chi connectivity index (χ0) is 17.4. The maximum atomic E-state index is 5.89. The quantitative estimate of drug-likeness (QED) is 0.687. The average Bonchev–Trinajstić information content (AvgIpc) is 2.61. The summed E-state index contributed by atoms with van der Waals surface area (Å²) in [6.45, 7) is 8.13. The molecule has 130 valence electrons. The third-order valence-electron chi connectivity index (χ3n) is 4.29. The lowest BCUT2D eigenvalue weighted by atomic mass is 10.1. The van der Waals surface area contributed by atoms with E-state index < -0.39 is 0 Å². The second kappa shape index (κ2) is 9.33. The molecule has 0 bridgehead atoms. The van der Waals surface area contributed by atoms with Crippen LogP contribution in [0.1, 0.15) is 37.0 Å². The fourth-order valence-corrected chi connectivity index (χ4v) is 2.57. The van der Waals surface area contributed by atoms with Crippen molar-refractivity contribution in [3.8, 4) is 11.5 Å². The van der Waals surface area contributed by atoms with Gasteiger partial charge in [-0.2, -0.15) is 0 Å². The Bertz CT molecular complexity index is 639. The Labute approximate surface area is 146 Å². The van der Waals surface area contributed by atoms with Crippen LogP contribution >= 0.6 is 0 Å². The molecule has 0 aliphatic carbocycles. The lowest BCUT2D eigenvalue weighted by Gasteiger charge is -2.16. The number of aryl methyl sites for hydroxylation is 1. The summed E-state index contributed by atoms with van der Waals surface area (Å²) in [5.74, 6) is 1.61. The summed E-state index contributed by atoms with van der Waals surface area (Å²) < 4.78 is 11.4. The van der Waals surface area contributed by atoms with Gasteiger partial charge in [0.1, 0.15) is 0 Å². The zero-order valence-corrected chi connectivity index (χ0v) is 15.3. The fourth-order valence-electron chi connectivity index (χ4n) is 2.57. The molecule has 24 heavy (non-hydrogen) atoms. The normalized spacial score (nSPS) is 12.0. The second-order valence-electron chi connectivity index (χ2n) is 6.18. The first-order valence-corrected chi connectivity index (χ1v) is 8.72. The van der Waals surface area contributed by atoms with Gasteiger partial charge in [-0.3, -0.25) is 0 Å². The number of methoxy groups -OCH3 is 1. The molecule has 2 aromatic rings. The van der Waals surface area contributed by atoms with Gasteiger partial charge in [0.2, 0.25) is 0 Å². The van der Waals surface area contributed by atoms with E-state index in [0.717, 1.165) is 37.4 Å². The van der Waals surface area contributed by atoms with Crippen LogP contribution in [0, 0.1) is 6.92 Å². The van der Waals surface area contributed by atoms with Gasteiger partial charge in [-0.25, -0.2) is 0 Å². The van der Waals surface area contributed by atoms with Gasteiger partial charge < -0.3 is 14.8 Å². The molecule has 1 atom stereocenters. The molecule has 2 rings (SSSR count). The molecule has 3 heteroatoms. The zero-order valence-electron chi connectivity index (χ0n) is 15.3. The molecule has 0 heterocycles. The first-order chi connectivity index (χ1) is 11.6. The van der Waals surface area contributed by atoms with Crippen molar-refractivity contribution < 1.29 is 9.47 Å². The summed E-state index contributed by atoms with van der Waals surface area (Å²) in [5.41, 5.74) is 3.96. The summed E-state index contributed by atoms with van der Waals surface area (Å²) in [7, 11) is 1.69. The van der Waals surface area contributed by atoms with Crippen molar-refractivity contribution >= 4 is 0 Å². The molecule has 0 saturated carbocycles. The van der Waals surface area contributed by atoms with Crippen molar-refractivity contribution in [2.75, 3.05) is 13.7 Å². The standard InChI is InChI=1S/C21H29NO2/c1-5-17(3)24-20-11-10-18(14-21(20)23-4)15-22-13-12-19-9-7-6-8-16(19)2/h6-11,14,17,22H,5,12-13,15H2,1-4H3. The Hall–Kier alpha value is -2.00. The van der Waals surface area contributed by atoms with Crippen molar-refractivity contribution in [1.29, 1.82) is 0 Å². The summed E-state index contributed by atoms with van der Waals surface area (Å²) in [5, 5.41) is 3.50. The first-order valence-electron chi connectivity index (χ1n) is 8.72. The molecule has 3 nitrogen and oxygen atoms in total. The third-order valence-corrected chi connectivity index (χ3v) is 4.29. The molecular weight excluding hydrogens is 298 g/mol. The molecule has 2 aromatic carbocycles. The van der Waals surface area contributed by atoms with Crippen molar-refractivity contribution in [3.63, 3.8) is 0 Å². The summed E-state index contributed by atoms with van der Waals surface area (Å²) in [4.78, 5) is 0. The van der Waals surface area contributed by atoms with E-state index in [-0.39, 0.29) is 6.10 Å². The van der Waals surface area contributed by atoms with Gasteiger partial charge >= 0.3 is 0 Å². The molecule has 0 aromatic heterocycles. The summed E-state index contributed by atoms with van der Waals surface area (Å²) >= 11 is 0. The molecule has 0 fully saturated rings. The average molecular weight is 327 g/mol. The van der Waals surface area contributed by atoms with E-state index in [1.165, 1.54) is 16.7 Å². The van der Waals surface area contributed by atoms with Gasteiger partial charge in [-0.1, -0.05) is 37.3 Å². The molecule has 0 saturated heterocycles. The highest BCUT2D eigenvalue weighted by molar-refractivity contribution is 5.43. The topological polar surface area (TPSA) is 30.5 Å². The third kappa shape index (κ3) is 5.27. The van der Waals surface area contributed by atoms with E-state index in [9.17, 15) is 0 Å². The number of hydrogen-bond acceptors (Lipinski definition) is 3. The van der Waals surface area contributed by atoms with Gasteiger partial charge in [0.05, 0.1) is 13.2 Å². The Morgan fingerprint density at radius 1 is 1.08 bits per heavy atom. The Kier molecular flexibility index (Phi) is 7.13. The molecule has 0 amide bonds. The Morgan fingerprint density at radius 2 is 1.88 bits per heavy atom. The second-order valence-corrected chi connectivity index (χ2v) is 6.18. The molecular formula is C21H29NO2. The molecule has 0 aliphatic rings. The SMILES string of the molecule is CCC(C)Oc1ccc(CNCCc2ccccc2C)cc1OC. The van der Waals surface area contributed by atoms with Crippen molar-refractivity contribution in [2.24, 2.45) is 0 Å². The maximum Gasteiger partial charge on any atom is 0.161 e. The highest BCUT2D eigenvalue weighted by atomic mass is 16.5.